The predicted molar refractivity (Wildman–Crippen MR) is 129 cm³/mol. The first kappa shape index (κ1) is 24.3. The lowest BCUT2D eigenvalue weighted by Gasteiger charge is -2.36. The Bertz CT molecular complexity index is 828. The Balaban J connectivity index is 0.00000385. The number of pyridine rings is 1. The number of likely N-dealkylation sites (tertiary alicyclic amines) is 2. The van der Waals surface area contributed by atoms with Crippen molar-refractivity contribution in [2.45, 2.75) is 59.4 Å². The molecule has 0 saturated carbocycles. The van der Waals surface area contributed by atoms with E-state index in [0.717, 1.165) is 43.3 Å². The highest BCUT2D eigenvalue weighted by molar-refractivity contribution is 5.92. The highest BCUT2D eigenvalue weighted by Crippen LogP contribution is 2.24. The SMILES string of the molecule is CC(C)C#Cc1ccc(C(=O)NC2CCN(C(=O)CN3CCC(C(C)C)CC3)CC2)nc1.[HH]. The van der Waals surface area contributed by atoms with Crippen molar-refractivity contribution in [3.63, 3.8) is 0 Å². The molecule has 6 heteroatoms. The standard InChI is InChI=1S/C26H38N4O2.H2/c1-19(2)5-6-21-7-8-24(27-17-21)26(32)28-23-11-15-30(16-12-23)25(31)18-29-13-9-22(10-14-29)20(3)4;/h7-8,17,19-20,22-23H,9-16,18H2,1-4H3,(H,28,32);1H. The summed E-state index contributed by atoms with van der Waals surface area (Å²) in [7, 11) is 0. The number of carbonyl (C=O) groups excluding carboxylic acids is 2. The number of aromatic nitrogens is 1. The average Bonchev–Trinajstić information content (AvgIpc) is 2.78. The number of nitrogens with zero attached hydrogens (tertiary/aromatic N) is 3. The molecule has 0 spiro atoms. The lowest BCUT2D eigenvalue weighted by Crippen LogP contribution is -2.50. The number of nitrogens with one attached hydrogen (secondary N) is 1. The number of rotatable bonds is 5. The Morgan fingerprint density at radius 2 is 1.78 bits per heavy atom. The third-order valence-corrected chi connectivity index (χ3v) is 6.62. The van der Waals surface area contributed by atoms with Gasteiger partial charge in [-0.25, -0.2) is 4.98 Å². The lowest BCUT2D eigenvalue weighted by molar-refractivity contribution is -0.133. The van der Waals surface area contributed by atoms with Gasteiger partial charge in [-0.3, -0.25) is 14.5 Å². The lowest BCUT2D eigenvalue weighted by atomic mass is 9.87. The molecular weight excluding hydrogens is 400 g/mol. The fourth-order valence-electron chi connectivity index (χ4n) is 4.43. The first-order chi connectivity index (χ1) is 15.3. The van der Waals surface area contributed by atoms with Crippen molar-refractivity contribution in [1.82, 2.24) is 20.1 Å². The van der Waals surface area contributed by atoms with Gasteiger partial charge in [0.05, 0.1) is 6.54 Å². The zero-order chi connectivity index (χ0) is 23.1. The largest absolute Gasteiger partial charge is 0.348 e. The third-order valence-electron chi connectivity index (χ3n) is 6.62. The van der Waals surface area contributed by atoms with Gasteiger partial charge in [0.25, 0.3) is 5.91 Å². The molecule has 2 amide bonds. The minimum Gasteiger partial charge on any atom is -0.348 e. The summed E-state index contributed by atoms with van der Waals surface area (Å²) in [6.45, 7) is 12.6. The number of carbonyl (C=O) groups is 2. The van der Waals surface area contributed by atoms with Crippen molar-refractivity contribution < 1.29 is 11.0 Å². The van der Waals surface area contributed by atoms with Gasteiger partial charge in [0.15, 0.2) is 0 Å². The molecule has 2 aliphatic heterocycles. The first-order valence-electron chi connectivity index (χ1n) is 12.1. The van der Waals surface area contributed by atoms with Gasteiger partial charge in [-0.1, -0.05) is 39.5 Å². The monoisotopic (exact) mass is 440 g/mol. The molecule has 2 saturated heterocycles. The van der Waals surface area contributed by atoms with Gasteiger partial charge in [-0.15, -0.1) is 0 Å². The summed E-state index contributed by atoms with van der Waals surface area (Å²) in [5.41, 5.74) is 1.22. The maximum absolute atomic E-state index is 12.7. The highest BCUT2D eigenvalue weighted by Gasteiger charge is 2.27. The van der Waals surface area contributed by atoms with Crippen LogP contribution in [0.15, 0.2) is 18.3 Å². The van der Waals surface area contributed by atoms with Crippen LogP contribution in [-0.2, 0) is 4.79 Å². The number of hydrogen-bond donors (Lipinski definition) is 1. The van der Waals surface area contributed by atoms with Crippen molar-refractivity contribution in [2.24, 2.45) is 17.8 Å². The summed E-state index contributed by atoms with van der Waals surface area (Å²) >= 11 is 0. The summed E-state index contributed by atoms with van der Waals surface area (Å²) in [5.74, 6) is 8.03. The van der Waals surface area contributed by atoms with Gasteiger partial charge >= 0.3 is 0 Å². The molecule has 0 bridgehead atoms. The molecule has 0 radical (unpaired) electrons. The second-order valence-corrected chi connectivity index (χ2v) is 9.84. The van der Waals surface area contributed by atoms with Crippen LogP contribution in [0.25, 0.3) is 0 Å². The van der Waals surface area contributed by atoms with E-state index < -0.39 is 0 Å². The molecule has 3 rings (SSSR count). The Hall–Kier alpha value is -2.39. The summed E-state index contributed by atoms with van der Waals surface area (Å²) < 4.78 is 0. The van der Waals surface area contributed by atoms with Gasteiger partial charge in [-0.05, 0) is 62.7 Å². The van der Waals surface area contributed by atoms with Gasteiger partial charge in [0.1, 0.15) is 5.69 Å². The van der Waals surface area contributed by atoms with Crippen LogP contribution in [0.1, 0.15) is 70.9 Å². The molecular formula is C26H40N4O2. The fourth-order valence-corrected chi connectivity index (χ4v) is 4.43. The summed E-state index contributed by atoms with van der Waals surface area (Å²) in [6.07, 6.45) is 5.60. The van der Waals surface area contributed by atoms with Gasteiger partial charge in [-0.2, -0.15) is 0 Å². The number of piperidine rings is 2. The van der Waals surface area contributed by atoms with E-state index in [9.17, 15) is 9.59 Å². The van der Waals surface area contributed by atoms with E-state index >= 15 is 0 Å². The molecule has 0 atom stereocenters. The molecule has 2 fully saturated rings. The maximum atomic E-state index is 12.7. The fraction of sp³-hybridized carbons (Fsp3) is 0.654. The molecule has 6 nitrogen and oxygen atoms in total. The molecule has 1 N–H and O–H groups in total. The van der Waals surface area contributed by atoms with E-state index in [1.807, 2.05) is 24.8 Å². The first-order valence-corrected chi connectivity index (χ1v) is 12.1. The predicted octanol–water partition coefficient (Wildman–Crippen LogP) is 3.42. The molecule has 0 aliphatic carbocycles. The van der Waals surface area contributed by atoms with Crippen LogP contribution in [0.4, 0.5) is 0 Å². The second-order valence-electron chi connectivity index (χ2n) is 9.84. The molecule has 2 aliphatic rings. The van der Waals surface area contributed by atoms with E-state index in [1.165, 1.54) is 12.8 Å². The van der Waals surface area contributed by atoms with Gasteiger partial charge < -0.3 is 10.2 Å². The van der Waals surface area contributed by atoms with E-state index in [0.29, 0.717) is 31.2 Å². The zero-order valence-electron chi connectivity index (χ0n) is 20.1. The molecule has 176 valence electrons. The van der Waals surface area contributed by atoms with Crippen molar-refractivity contribution in [3.8, 4) is 11.8 Å². The highest BCUT2D eigenvalue weighted by atomic mass is 16.2. The van der Waals surface area contributed by atoms with Crippen molar-refractivity contribution in [3.05, 3.63) is 29.6 Å². The molecule has 1 aromatic rings. The third kappa shape index (κ3) is 7.06. The molecule has 32 heavy (non-hydrogen) atoms. The average molecular weight is 441 g/mol. The Labute approximate surface area is 194 Å². The normalized spacial score (nSPS) is 18.5. The number of hydrogen-bond acceptors (Lipinski definition) is 4. The van der Waals surface area contributed by atoms with Gasteiger partial charge in [0, 0.05) is 38.2 Å². The van der Waals surface area contributed by atoms with Crippen LogP contribution in [0.2, 0.25) is 0 Å². The summed E-state index contributed by atoms with van der Waals surface area (Å²) in [6, 6.07) is 3.64. The van der Waals surface area contributed by atoms with Crippen LogP contribution >= 0.6 is 0 Å². The van der Waals surface area contributed by atoms with Crippen LogP contribution < -0.4 is 5.32 Å². The number of amides is 2. The molecule has 0 aromatic carbocycles. The minimum atomic E-state index is -0.161. The van der Waals surface area contributed by atoms with Crippen LogP contribution in [0, 0.1) is 29.6 Å². The quantitative estimate of drug-likeness (QED) is 0.713. The Morgan fingerprint density at radius 3 is 2.34 bits per heavy atom. The van der Waals surface area contributed by atoms with E-state index in [4.69, 9.17) is 0 Å². The summed E-state index contributed by atoms with van der Waals surface area (Å²) in [4.78, 5) is 33.8. The van der Waals surface area contributed by atoms with Crippen LogP contribution in [0.5, 0.6) is 0 Å². The second kappa shape index (κ2) is 11.5. The van der Waals surface area contributed by atoms with Crippen molar-refractivity contribution >= 4 is 11.8 Å². The minimum absolute atomic E-state index is 0. The van der Waals surface area contributed by atoms with E-state index in [-0.39, 0.29) is 19.3 Å². The topological polar surface area (TPSA) is 65.5 Å². The van der Waals surface area contributed by atoms with Crippen LogP contribution in [0.3, 0.4) is 0 Å². The Kier molecular flexibility index (Phi) is 8.69. The molecule has 1 aromatic heterocycles. The van der Waals surface area contributed by atoms with E-state index in [2.05, 4.69) is 40.9 Å². The van der Waals surface area contributed by atoms with Gasteiger partial charge in [0.2, 0.25) is 5.91 Å². The van der Waals surface area contributed by atoms with E-state index in [1.54, 1.807) is 12.3 Å². The zero-order valence-corrected chi connectivity index (χ0v) is 20.1. The maximum Gasteiger partial charge on any atom is 0.270 e. The molecule has 3 heterocycles. The van der Waals surface area contributed by atoms with Crippen LogP contribution in [-0.4, -0.2) is 65.4 Å². The van der Waals surface area contributed by atoms with Crippen molar-refractivity contribution in [1.29, 1.82) is 0 Å². The smallest absolute Gasteiger partial charge is 0.270 e. The summed E-state index contributed by atoms with van der Waals surface area (Å²) in [5, 5.41) is 3.08. The Morgan fingerprint density at radius 1 is 1.09 bits per heavy atom. The van der Waals surface area contributed by atoms with Crippen molar-refractivity contribution in [2.75, 3.05) is 32.7 Å². The molecule has 0 unspecified atom stereocenters.